The molecule has 110 valence electrons. The zero-order valence-electron chi connectivity index (χ0n) is 12.0. The van der Waals surface area contributed by atoms with E-state index in [-0.39, 0.29) is 11.9 Å². The molecule has 2 aromatic rings. The van der Waals surface area contributed by atoms with Crippen molar-refractivity contribution in [3.05, 3.63) is 65.7 Å². The third kappa shape index (κ3) is 3.99. The predicted octanol–water partition coefficient (Wildman–Crippen LogP) is 3.85. The fourth-order valence-corrected chi connectivity index (χ4v) is 2.26. The molecule has 3 nitrogen and oxygen atoms in total. The Morgan fingerprint density at radius 3 is 2.43 bits per heavy atom. The minimum absolute atomic E-state index is 0.141. The van der Waals surface area contributed by atoms with Crippen molar-refractivity contribution in [2.24, 2.45) is 0 Å². The van der Waals surface area contributed by atoms with Gasteiger partial charge in [0.15, 0.2) is 0 Å². The minimum atomic E-state index is -0.695. The maximum atomic E-state index is 12.2. The monoisotopic (exact) mass is 303 g/mol. The molecular weight excluding hydrogens is 286 g/mol. The maximum absolute atomic E-state index is 12.2. The smallest absolute Gasteiger partial charge is 0.243 e. The number of nitrogens with one attached hydrogen (secondary N) is 1. The van der Waals surface area contributed by atoms with Crippen LogP contribution in [0.5, 0.6) is 5.75 Å². The molecule has 0 saturated heterocycles. The van der Waals surface area contributed by atoms with Crippen LogP contribution in [0.1, 0.15) is 29.5 Å². The van der Waals surface area contributed by atoms with Gasteiger partial charge in [-0.3, -0.25) is 4.79 Å². The van der Waals surface area contributed by atoms with Crippen molar-refractivity contribution < 1.29 is 9.53 Å². The van der Waals surface area contributed by atoms with Gasteiger partial charge in [-0.2, -0.15) is 0 Å². The second-order valence-corrected chi connectivity index (χ2v) is 5.22. The summed E-state index contributed by atoms with van der Waals surface area (Å²) in [6.45, 7) is 1.92. The SMILES string of the molecule is COc1cccc(C(C)NC(=O)C(Cl)c2ccccc2)c1. The van der Waals surface area contributed by atoms with Gasteiger partial charge in [0.2, 0.25) is 5.91 Å². The van der Waals surface area contributed by atoms with Crippen LogP contribution in [0, 0.1) is 0 Å². The van der Waals surface area contributed by atoms with E-state index in [9.17, 15) is 4.79 Å². The lowest BCUT2D eigenvalue weighted by Crippen LogP contribution is -2.29. The number of hydrogen-bond donors (Lipinski definition) is 1. The van der Waals surface area contributed by atoms with Gasteiger partial charge in [-0.1, -0.05) is 42.5 Å². The Kier molecular flexibility index (Phi) is 5.23. The third-order valence-electron chi connectivity index (χ3n) is 3.27. The standard InChI is InChI=1S/C17H18ClNO2/c1-12(14-9-6-10-15(11-14)21-2)19-17(20)16(18)13-7-4-3-5-8-13/h3-12,16H,1-2H3,(H,19,20). The summed E-state index contributed by atoms with van der Waals surface area (Å²) in [5.74, 6) is 0.553. The fraction of sp³-hybridized carbons (Fsp3) is 0.235. The van der Waals surface area contributed by atoms with Crippen LogP contribution in [0.25, 0.3) is 0 Å². The second kappa shape index (κ2) is 7.14. The summed E-state index contributed by atoms with van der Waals surface area (Å²) in [5, 5.41) is 2.22. The van der Waals surface area contributed by atoms with E-state index in [0.717, 1.165) is 16.9 Å². The molecule has 0 saturated carbocycles. The van der Waals surface area contributed by atoms with Crippen LogP contribution < -0.4 is 10.1 Å². The molecule has 21 heavy (non-hydrogen) atoms. The van der Waals surface area contributed by atoms with Crippen molar-refractivity contribution in [1.82, 2.24) is 5.32 Å². The summed E-state index contributed by atoms with van der Waals surface area (Å²) in [6, 6.07) is 16.8. The van der Waals surface area contributed by atoms with E-state index >= 15 is 0 Å². The number of halogens is 1. The third-order valence-corrected chi connectivity index (χ3v) is 3.73. The van der Waals surface area contributed by atoms with E-state index in [4.69, 9.17) is 16.3 Å². The zero-order chi connectivity index (χ0) is 15.2. The Hall–Kier alpha value is -2.00. The molecule has 0 spiro atoms. The highest BCUT2D eigenvalue weighted by atomic mass is 35.5. The molecule has 2 rings (SSSR count). The molecule has 2 aromatic carbocycles. The van der Waals surface area contributed by atoms with Gasteiger partial charge < -0.3 is 10.1 Å². The van der Waals surface area contributed by atoms with Crippen molar-refractivity contribution in [3.63, 3.8) is 0 Å². The van der Waals surface area contributed by atoms with Crippen molar-refractivity contribution in [2.75, 3.05) is 7.11 Å². The number of methoxy groups -OCH3 is 1. The lowest BCUT2D eigenvalue weighted by molar-refractivity contribution is -0.121. The fourth-order valence-electron chi connectivity index (χ4n) is 2.05. The summed E-state index contributed by atoms with van der Waals surface area (Å²) in [7, 11) is 1.62. The molecule has 1 amide bonds. The van der Waals surface area contributed by atoms with E-state index in [2.05, 4.69) is 5.32 Å². The average Bonchev–Trinajstić information content (AvgIpc) is 2.54. The molecule has 0 radical (unpaired) electrons. The second-order valence-electron chi connectivity index (χ2n) is 4.78. The summed E-state index contributed by atoms with van der Waals surface area (Å²) in [4.78, 5) is 12.2. The first kappa shape index (κ1) is 15.4. The minimum Gasteiger partial charge on any atom is -0.497 e. The normalized spacial score (nSPS) is 13.3. The van der Waals surface area contributed by atoms with Crippen LogP contribution in [0.15, 0.2) is 54.6 Å². The van der Waals surface area contributed by atoms with Crippen LogP contribution in [0.2, 0.25) is 0 Å². The van der Waals surface area contributed by atoms with Gasteiger partial charge in [-0.05, 0) is 30.2 Å². The molecule has 0 heterocycles. The van der Waals surface area contributed by atoms with Crippen molar-refractivity contribution >= 4 is 17.5 Å². The van der Waals surface area contributed by atoms with Crippen molar-refractivity contribution in [2.45, 2.75) is 18.3 Å². The Bertz CT molecular complexity index is 601. The number of ether oxygens (including phenoxy) is 1. The van der Waals surface area contributed by atoms with E-state index in [1.807, 2.05) is 61.5 Å². The summed E-state index contributed by atoms with van der Waals surface area (Å²) in [6.07, 6.45) is 0. The highest BCUT2D eigenvalue weighted by Crippen LogP contribution is 2.23. The molecule has 4 heteroatoms. The van der Waals surface area contributed by atoms with Gasteiger partial charge in [0, 0.05) is 0 Å². The first-order valence-electron chi connectivity index (χ1n) is 6.75. The molecular formula is C17H18ClNO2. The Labute approximate surface area is 129 Å². The number of alkyl halides is 1. The van der Waals surface area contributed by atoms with E-state index < -0.39 is 5.38 Å². The lowest BCUT2D eigenvalue weighted by atomic mass is 10.1. The van der Waals surface area contributed by atoms with Crippen LogP contribution in [-0.4, -0.2) is 13.0 Å². The van der Waals surface area contributed by atoms with Crippen LogP contribution in [-0.2, 0) is 4.79 Å². The van der Waals surface area contributed by atoms with Gasteiger partial charge in [0.25, 0.3) is 0 Å². The van der Waals surface area contributed by atoms with Crippen molar-refractivity contribution in [1.29, 1.82) is 0 Å². The first-order chi connectivity index (χ1) is 10.1. The van der Waals surface area contributed by atoms with Gasteiger partial charge in [0.05, 0.1) is 13.2 Å². The summed E-state index contributed by atoms with van der Waals surface area (Å²) < 4.78 is 5.19. The molecule has 0 aliphatic carbocycles. The number of benzene rings is 2. The van der Waals surface area contributed by atoms with Gasteiger partial charge in [0.1, 0.15) is 11.1 Å². The summed E-state index contributed by atoms with van der Waals surface area (Å²) >= 11 is 6.21. The van der Waals surface area contributed by atoms with Crippen LogP contribution >= 0.6 is 11.6 Å². The Morgan fingerprint density at radius 2 is 1.76 bits per heavy atom. The number of rotatable bonds is 5. The Morgan fingerprint density at radius 1 is 1.10 bits per heavy atom. The van der Waals surface area contributed by atoms with Crippen molar-refractivity contribution in [3.8, 4) is 5.75 Å². The average molecular weight is 304 g/mol. The summed E-state index contributed by atoms with van der Waals surface area (Å²) in [5.41, 5.74) is 1.76. The van der Waals surface area contributed by atoms with Gasteiger partial charge >= 0.3 is 0 Å². The van der Waals surface area contributed by atoms with E-state index in [0.29, 0.717) is 0 Å². The molecule has 2 atom stereocenters. The van der Waals surface area contributed by atoms with Crippen LogP contribution in [0.3, 0.4) is 0 Å². The van der Waals surface area contributed by atoms with E-state index in [1.165, 1.54) is 0 Å². The molecule has 1 N–H and O–H groups in total. The largest absolute Gasteiger partial charge is 0.497 e. The maximum Gasteiger partial charge on any atom is 0.243 e. The number of carbonyl (C=O) groups is 1. The number of carbonyl (C=O) groups excluding carboxylic acids is 1. The Balaban J connectivity index is 2.04. The predicted molar refractivity (Wildman–Crippen MR) is 84.6 cm³/mol. The molecule has 0 aliphatic rings. The highest BCUT2D eigenvalue weighted by Gasteiger charge is 2.19. The number of amides is 1. The zero-order valence-corrected chi connectivity index (χ0v) is 12.8. The molecule has 0 bridgehead atoms. The molecule has 0 aliphatic heterocycles. The lowest BCUT2D eigenvalue weighted by Gasteiger charge is -2.17. The molecule has 0 aromatic heterocycles. The molecule has 2 unspecified atom stereocenters. The van der Waals surface area contributed by atoms with Gasteiger partial charge in [-0.15, -0.1) is 11.6 Å². The topological polar surface area (TPSA) is 38.3 Å². The van der Waals surface area contributed by atoms with Gasteiger partial charge in [-0.25, -0.2) is 0 Å². The quantitative estimate of drug-likeness (QED) is 0.852. The first-order valence-corrected chi connectivity index (χ1v) is 7.19. The highest BCUT2D eigenvalue weighted by molar-refractivity contribution is 6.30. The molecule has 0 fully saturated rings. The number of hydrogen-bond acceptors (Lipinski definition) is 2. The van der Waals surface area contributed by atoms with Crippen LogP contribution in [0.4, 0.5) is 0 Å². The van der Waals surface area contributed by atoms with E-state index in [1.54, 1.807) is 7.11 Å².